The molecule has 0 radical (unpaired) electrons. The van der Waals surface area contributed by atoms with Crippen molar-refractivity contribution in [3.63, 3.8) is 0 Å². The van der Waals surface area contributed by atoms with Crippen molar-refractivity contribution in [1.29, 1.82) is 0 Å². The SMILES string of the molecule is CN(CCn1cnc(-c2nccc3c(O)ncnc23)c1)Cc1ccc(F)cc1. The van der Waals surface area contributed by atoms with Gasteiger partial charge in [0.05, 0.1) is 11.7 Å². The maximum absolute atomic E-state index is 13.0. The Bertz CT molecular complexity index is 1100. The molecule has 142 valence electrons. The number of aromatic nitrogens is 5. The summed E-state index contributed by atoms with van der Waals surface area (Å²) in [5.74, 6) is -0.298. The molecule has 0 saturated carbocycles. The zero-order valence-electron chi connectivity index (χ0n) is 15.3. The van der Waals surface area contributed by atoms with Crippen LogP contribution in [-0.2, 0) is 13.1 Å². The van der Waals surface area contributed by atoms with Gasteiger partial charge in [-0.1, -0.05) is 12.1 Å². The molecule has 0 fully saturated rings. The number of rotatable bonds is 6. The fraction of sp³-hybridized carbons (Fsp3) is 0.200. The summed E-state index contributed by atoms with van der Waals surface area (Å²) in [6.45, 7) is 2.29. The van der Waals surface area contributed by atoms with Gasteiger partial charge in [-0.25, -0.2) is 19.3 Å². The molecule has 0 aliphatic carbocycles. The molecule has 1 aromatic carbocycles. The van der Waals surface area contributed by atoms with Crippen molar-refractivity contribution in [3.05, 3.63) is 66.8 Å². The summed E-state index contributed by atoms with van der Waals surface area (Å²) in [4.78, 5) is 19.0. The fourth-order valence-corrected chi connectivity index (χ4v) is 3.03. The molecular formula is C20H19FN6O. The Morgan fingerprint density at radius 2 is 1.89 bits per heavy atom. The third kappa shape index (κ3) is 3.81. The van der Waals surface area contributed by atoms with Crippen LogP contribution in [0.4, 0.5) is 4.39 Å². The summed E-state index contributed by atoms with van der Waals surface area (Å²) >= 11 is 0. The molecule has 0 spiro atoms. The quantitative estimate of drug-likeness (QED) is 0.556. The molecule has 0 aliphatic rings. The molecule has 1 N–H and O–H groups in total. The van der Waals surface area contributed by atoms with Gasteiger partial charge in [-0.2, -0.15) is 0 Å². The van der Waals surface area contributed by atoms with Gasteiger partial charge in [-0.3, -0.25) is 4.98 Å². The van der Waals surface area contributed by atoms with E-state index in [1.807, 2.05) is 17.8 Å². The second kappa shape index (κ2) is 7.69. The first-order chi connectivity index (χ1) is 13.6. The smallest absolute Gasteiger partial charge is 0.222 e. The minimum Gasteiger partial charge on any atom is -0.493 e. The van der Waals surface area contributed by atoms with Gasteiger partial charge in [-0.15, -0.1) is 0 Å². The number of imidazole rings is 1. The first-order valence-electron chi connectivity index (χ1n) is 8.84. The van der Waals surface area contributed by atoms with Gasteiger partial charge in [0.2, 0.25) is 5.88 Å². The number of pyridine rings is 1. The van der Waals surface area contributed by atoms with E-state index >= 15 is 0 Å². The van der Waals surface area contributed by atoms with E-state index in [9.17, 15) is 9.50 Å². The molecule has 0 amide bonds. The standard InChI is InChI=1S/C20H19FN6O/c1-26(10-14-2-4-15(21)5-3-14)8-9-27-11-17(25-13-27)19-18-16(6-7-22-19)20(28)24-12-23-18/h2-7,11-13H,8-10H2,1H3,(H,23,24,28). The Morgan fingerprint density at radius 3 is 2.71 bits per heavy atom. The molecule has 0 unspecified atom stereocenters. The number of hydrogen-bond donors (Lipinski definition) is 1. The number of fused-ring (bicyclic) bond motifs is 1. The number of hydrogen-bond acceptors (Lipinski definition) is 6. The minimum atomic E-state index is -0.224. The van der Waals surface area contributed by atoms with Crippen LogP contribution in [0, 0.1) is 5.82 Å². The molecule has 8 heteroatoms. The number of benzene rings is 1. The van der Waals surface area contributed by atoms with E-state index in [1.165, 1.54) is 18.5 Å². The zero-order valence-corrected chi connectivity index (χ0v) is 15.3. The molecule has 0 saturated heterocycles. The van der Waals surface area contributed by atoms with Gasteiger partial charge < -0.3 is 14.6 Å². The highest BCUT2D eigenvalue weighted by molar-refractivity contribution is 5.92. The van der Waals surface area contributed by atoms with Crippen LogP contribution in [0.25, 0.3) is 22.3 Å². The van der Waals surface area contributed by atoms with Crippen molar-refractivity contribution in [2.75, 3.05) is 13.6 Å². The Morgan fingerprint density at radius 1 is 1.07 bits per heavy atom. The van der Waals surface area contributed by atoms with Gasteiger partial charge >= 0.3 is 0 Å². The predicted molar refractivity (Wildman–Crippen MR) is 103 cm³/mol. The van der Waals surface area contributed by atoms with Crippen LogP contribution in [0.2, 0.25) is 0 Å². The van der Waals surface area contributed by atoms with Crippen LogP contribution in [0.5, 0.6) is 5.88 Å². The normalized spacial score (nSPS) is 11.4. The zero-order chi connectivity index (χ0) is 19.5. The maximum Gasteiger partial charge on any atom is 0.222 e. The number of aromatic hydroxyl groups is 1. The van der Waals surface area contributed by atoms with Crippen molar-refractivity contribution in [2.45, 2.75) is 13.1 Å². The molecule has 3 heterocycles. The van der Waals surface area contributed by atoms with Gasteiger partial charge in [0.15, 0.2) is 0 Å². The minimum absolute atomic E-state index is 0.0736. The molecule has 7 nitrogen and oxygen atoms in total. The summed E-state index contributed by atoms with van der Waals surface area (Å²) < 4.78 is 15.0. The van der Waals surface area contributed by atoms with E-state index < -0.39 is 0 Å². The molecule has 4 rings (SSSR count). The average molecular weight is 378 g/mol. The Hall–Kier alpha value is -3.39. The lowest BCUT2D eigenvalue weighted by Gasteiger charge is -2.16. The Kier molecular flexibility index (Phi) is 4.94. The van der Waals surface area contributed by atoms with Crippen molar-refractivity contribution in [2.24, 2.45) is 0 Å². The Balaban J connectivity index is 1.45. The molecule has 0 bridgehead atoms. The summed E-state index contributed by atoms with van der Waals surface area (Å²) in [5, 5.41) is 10.4. The third-order valence-corrected chi connectivity index (χ3v) is 4.51. The predicted octanol–water partition coefficient (Wildman–Crippen LogP) is 2.87. The molecule has 0 aliphatic heterocycles. The number of nitrogens with zero attached hydrogens (tertiary/aromatic N) is 6. The third-order valence-electron chi connectivity index (χ3n) is 4.51. The highest BCUT2D eigenvalue weighted by Gasteiger charge is 2.12. The topological polar surface area (TPSA) is 80.0 Å². The van der Waals surface area contributed by atoms with E-state index in [-0.39, 0.29) is 11.7 Å². The van der Waals surface area contributed by atoms with Gasteiger partial charge in [0, 0.05) is 32.0 Å². The summed E-state index contributed by atoms with van der Waals surface area (Å²) in [7, 11) is 2.02. The van der Waals surface area contributed by atoms with Crippen LogP contribution in [0.1, 0.15) is 5.56 Å². The van der Waals surface area contributed by atoms with E-state index in [2.05, 4.69) is 24.8 Å². The van der Waals surface area contributed by atoms with E-state index in [1.54, 1.807) is 30.7 Å². The average Bonchev–Trinajstić information content (AvgIpc) is 3.17. The lowest BCUT2D eigenvalue weighted by Crippen LogP contribution is -2.22. The summed E-state index contributed by atoms with van der Waals surface area (Å²) in [6.07, 6.45) is 6.58. The van der Waals surface area contributed by atoms with E-state index in [0.29, 0.717) is 22.3 Å². The molecular weight excluding hydrogens is 359 g/mol. The molecule has 4 aromatic rings. The second-order valence-electron chi connectivity index (χ2n) is 6.61. The van der Waals surface area contributed by atoms with Crippen molar-refractivity contribution >= 4 is 10.9 Å². The van der Waals surface area contributed by atoms with Gasteiger partial charge in [0.1, 0.15) is 29.0 Å². The van der Waals surface area contributed by atoms with Crippen molar-refractivity contribution in [1.82, 2.24) is 29.4 Å². The number of likely N-dealkylation sites (N-methyl/N-ethyl adjacent to an activating group) is 1. The van der Waals surface area contributed by atoms with Crippen molar-refractivity contribution in [3.8, 4) is 17.3 Å². The molecule has 28 heavy (non-hydrogen) atoms. The lowest BCUT2D eigenvalue weighted by atomic mass is 10.2. The number of halogens is 1. The highest BCUT2D eigenvalue weighted by Crippen LogP contribution is 2.27. The lowest BCUT2D eigenvalue weighted by molar-refractivity contribution is 0.311. The van der Waals surface area contributed by atoms with Crippen LogP contribution in [0.3, 0.4) is 0 Å². The first kappa shape index (κ1) is 18.0. The monoisotopic (exact) mass is 378 g/mol. The van der Waals surface area contributed by atoms with Gasteiger partial charge in [0.25, 0.3) is 0 Å². The van der Waals surface area contributed by atoms with Gasteiger partial charge in [-0.05, 0) is 30.8 Å². The van der Waals surface area contributed by atoms with E-state index in [0.717, 1.165) is 25.2 Å². The van der Waals surface area contributed by atoms with Crippen molar-refractivity contribution < 1.29 is 9.50 Å². The Labute approximate surface area is 161 Å². The molecule has 0 atom stereocenters. The van der Waals surface area contributed by atoms with Crippen LogP contribution in [-0.4, -0.2) is 48.1 Å². The summed E-state index contributed by atoms with van der Waals surface area (Å²) in [5.41, 5.74) is 2.92. The van der Waals surface area contributed by atoms with Crippen LogP contribution in [0.15, 0.2) is 55.4 Å². The van der Waals surface area contributed by atoms with Crippen LogP contribution >= 0.6 is 0 Å². The maximum atomic E-state index is 13.0. The second-order valence-corrected chi connectivity index (χ2v) is 6.61. The van der Waals surface area contributed by atoms with Crippen LogP contribution < -0.4 is 0 Å². The molecule has 3 aromatic heterocycles. The largest absolute Gasteiger partial charge is 0.493 e. The fourth-order valence-electron chi connectivity index (χ4n) is 3.03. The summed E-state index contributed by atoms with van der Waals surface area (Å²) in [6, 6.07) is 8.22. The highest BCUT2D eigenvalue weighted by atomic mass is 19.1. The van der Waals surface area contributed by atoms with E-state index in [4.69, 9.17) is 0 Å². The first-order valence-corrected chi connectivity index (χ1v) is 8.84.